The lowest BCUT2D eigenvalue weighted by atomic mass is 10.2. The molecule has 0 aromatic carbocycles. The molecule has 0 aliphatic carbocycles. The van der Waals surface area contributed by atoms with E-state index in [0.29, 0.717) is 5.78 Å². The van der Waals surface area contributed by atoms with Gasteiger partial charge in [0.2, 0.25) is 0 Å². The Labute approximate surface area is 156 Å². The predicted octanol–water partition coefficient (Wildman–Crippen LogP) is 1.11. The van der Waals surface area contributed by atoms with E-state index in [1.807, 2.05) is 28.1 Å². The molecule has 0 bridgehead atoms. The zero-order valence-electron chi connectivity index (χ0n) is 15.4. The van der Waals surface area contributed by atoms with Crippen molar-refractivity contribution < 1.29 is 0 Å². The zero-order chi connectivity index (χ0) is 18.4. The third-order valence-corrected chi connectivity index (χ3v) is 5.13. The van der Waals surface area contributed by atoms with Crippen LogP contribution >= 0.6 is 0 Å². The summed E-state index contributed by atoms with van der Waals surface area (Å²) in [4.78, 5) is 13.7. The lowest BCUT2D eigenvalue weighted by Crippen LogP contribution is -2.46. The van der Waals surface area contributed by atoms with Crippen molar-refractivity contribution in [1.82, 2.24) is 39.1 Å². The maximum absolute atomic E-state index is 4.69. The van der Waals surface area contributed by atoms with Gasteiger partial charge in [-0.2, -0.15) is 5.10 Å². The minimum atomic E-state index is 0.637. The molecule has 9 nitrogen and oxygen atoms in total. The van der Waals surface area contributed by atoms with Gasteiger partial charge in [0.15, 0.2) is 5.65 Å². The maximum atomic E-state index is 4.69. The predicted molar refractivity (Wildman–Crippen MR) is 101 cm³/mol. The summed E-state index contributed by atoms with van der Waals surface area (Å²) in [5, 5.41) is 12.5. The molecule has 1 fully saturated rings. The highest BCUT2D eigenvalue weighted by molar-refractivity contribution is 5.48. The maximum Gasteiger partial charge on any atom is 0.256 e. The van der Waals surface area contributed by atoms with E-state index in [-0.39, 0.29) is 0 Å². The van der Waals surface area contributed by atoms with E-state index >= 15 is 0 Å². The Morgan fingerprint density at radius 3 is 2.81 bits per heavy atom. The van der Waals surface area contributed by atoms with Gasteiger partial charge in [-0.25, -0.2) is 14.5 Å². The third kappa shape index (κ3) is 2.80. The highest BCUT2D eigenvalue weighted by atomic mass is 15.4. The molecule has 9 heteroatoms. The molecule has 0 amide bonds. The van der Waals surface area contributed by atoms with Crippen molar-refractivity contribution in [2.24, 2.45) is 0 Å². The first-order valence-electron chi connectivity index (χ1n) is 9.12. The molecule has 0 radical (unpaired) electrons. The van der Waals surface area contributed by atoms with Crippen LogP contribution in [0.4, 0.5) is 5.82 Å². The quantitative estimate of drug-likeness (QED) is 0.539. The summed E-state index contributed by atoms with van der Waals surface area (Å²) in [7, 11) is 0. The molecule has 4 aromatic rings. The first-order valence-corrected chi connectivity index (χ1v) is 9.12. The molecule has 138 valence electrons. The number of anilines is 1. The van der Waals surface area contributed by atoms with Gasteiger partial charge in [0.25, 0.3) is 5.78 Å². The van der Waals surface area contributed by atoms with E-state index in [9.17, 15) is 0 Å². The van der Waals surface area contributed by atoms with Gasteiger partial charge in [-0.15, -0.1) is 10.2 Å². The number of rotatable bonds is 3. The summed E-state index contributed by atoms with van der Waals surface area (Å²) in [6.45, 7) is 8.82. The summed E-state index contributed by atoms with van der Waals surface area (Å²) in [6, 6.07) is 4.08. The number of hydrogen-bond donors (Lipinski definition) is 0. The SMILES string of the molecule is Cc1cc(C)n2ncc(CN3CCN(c4ccnc5nncn45)CC3)c2n1. The van der Waals surface area contributed by atoms with Gasteiger partial charge in [0.05, 0.1) is 6.20 Å². The van der Waals surface area contributed by atoms with Crippen molar-refractivity contribution in [2.75, 3.05) is 31.1 Å². The topological polar surface area (TPSA) is 79.8 Å². The Kier molecular flexibility index (Phi) is 3.75. The lowest BCUT2D eigenvalue weighted by molar-refractivity contribution is 0.250. The van der Waals surface area contributed by atoms with Gasteiger partial charge in [0, 0.05) is 55.9 Å². The van der Waals surface area contributed by atoms with E-state index in [4.69, 9.17) is 4.98 Å². The molecule has 4 aromatic heterocycles. The molecule has 0 atom stereocenters. The second-order valence-electron chi connectivity index (χ2n) is 7.01. The molecule has 1 saturated heterocycles. The standard InChI is InChI=1S/C18H21N9/c1-13-9-14(2)27-17(22-13)15(10-21-27)11-24-5-7-25(8-6-24)16-3-4-19-18-23-20-12-26(16)18/h3-4,9-10,12H,5-8,11H2,1-2H3. The first-order chi connectivity index (χ1) is 13.2. The van der Waals surface area contributed by atoms with Gasteiger partial charge in [-0.3, -0.25) is 9.30 Å². The number of nitrogens with zero attached hydrogens (tertiary/aromatic N) is 9. The summed E-state index contributed by atoms with van der Waals surface area (Å²) >= 11 is 0. The van der Waals surface area contributed by atoms with Crippen LogP contribution in [-0.4, -0.2) is 65.3 Å². The summed E-state index contributed by atoms with van der Waals surface area (Å²) in [5.41, 5.74) is 4.29. The molecule has 1 aliphatic heterocycles. The summed E-state index contributed by atoms with van der Waals surface area (Å²) in [6.07, 6.45) is 5.46. The summed E-state index contributed by atoms with van der Waals surface area (Å²) in [5.74, 6) is 1.73. The molecular weight excluding hydrogens is 342 g/mol. The molecule has 0 spiro atoms. The Hall–Kier alpha value is -3.07. The van der Waals surface area contributed by atoms with Gasteiger partial charge < -0.3 is 4.90 Å². The van der Waals surface area contributed by atoms with E-state index in [2.05, 4.69) is 43.1 Å². The number of fused-ring (bicyclic) bond motifs is 2. The molecule has 5 rings (SSSR count). The number of hydrogen-bond acceptors (Lipinski definition) is 7. The first kappa shape index (κ1) is 16.1. The normalized spacial score (nSPS) is 15.9. The molecule has 27 heavy (non-hydrogen) atoms. The van der Waals surface area contributed by atoms with Crippen LogP contribution in [0.15, 0.2) is 30.9 Å². The van der Waals surface area contributed by atoms with Crippen LogP contribution in [0.25, 0.3) is 11.4 Å². The van der Waals surface area contributed by atoms with Crippen LogP contribution in [0.2, 0.25) is 0 Å². The van der Waals surface area contributed by atoms with E-state index in [1.54, 1.807) is 12.5 Å². The van der Waals surface area contributed by atoms with Crippen LogP contribution in [0.1, 0.15) is 17.0 Å². The third-order valence-electron chi connectivity index (χ3n) is 5.13. The van der Waals surface area contributed by atoms with Crippen molar-refractivity contribution in [1.29, 1.82) is 0 Å². The Morgan fingerprint density at radius 1 is 1.11 bits per heavy atom. The Bertz CT molecular complexity index is 1100. The second kappa shape index (κ2) is 6.27. The van der Waals surface area contributed by atoms with Crippen LogP contribution in [-0.2, 0) is 6.54 Å². The minimum absolute atomic E-state index is 0.637. The van der Waals surface area contributed by atoms with Crippen LogP contribution in [0.5, 0.6) is 0 Å². The van der Waals surface area contributed by atoms with Crippen LogP contribution < -0.4 is 4.90 Å². The van der Waals surface area contributed by atoms with E-state index in [1.165, 1.54) is 5.56 Å². The average Bonchev–Trinajstić information content (AvgIpc) is 3.30. The molecule has 0 unspecified atom stereocenters. The molecular formula is C18H21N9. The monoisotopic (exact) mass is 363 g/mol. The van der Waals surface area contributed by atoms with Crippen molar-refractivity contribution in [3.05, 3.63) is 47.8 Å². The minimum Gasteiger partial charge on any atom is -0.355 e. The largest absolute Gasteiger partial charge is 0.355 e. The van der Waals surface area contributed by atoms with Crippen molar-refractivity contribution in [2.45, 2.75) is 20.4 Å². The molecule has 0 saturated carbocycles. The molecule has 5 heterocycles. The number of aromatic nitrogens is 7. The second-order valence-corrected chi connectivity index (χ2v) is 7.01. The van der Waals surface area contributed by atoms with Gasteiger partial charge in [-0.05, 0) is 26.0 Å². The van der Waals surface area contributed by atoms with Crippen LogP contribution in [0.3, 0.4) is 0 Å². The number of piperazine rings is 1. The van der Waals surface area contributed by atoms with E-state index < -0.39 is 0 Å². The Morgan fingerprint density at radius 2 is 1.96 bits per heavy atom. The molecule has 1 aliphatic rings. The average molecular weight is 363 g/mol. The molecule has 0 N–H and O–H groups in total. The fourth-order valence-corrected chi connectivity index (χ4v) is 3.79. The van der Waals surface area contributed by atoms with E-state index in [0.717, 1.165) is 55.6 Å². The van der Waals surface area contributed by atoms with Crippen molar-refractivity contribution >= 4 is 17.2 Å². The van der Waals surface area contributed by atoms with Crippen molar-refractivity contribution in [3.8, 4) is 0 Å². The number of aryl methyl sites for hydroxylation is 2. The fourth-order valence-electron chi connectivity index (χ4n) is 3.79. The van der Waals surface area contributed by atoms with Gasteiger partial charge in [-0.1, -0.05) is 0 Å². The Balaban J connectivity index is 1.32. The lowest BCUT2D eigenvalue weighted by Gasteiger charge is -2.35. The summed E-state index contributed by atoms with van der Waals surface area (Å²) < 4.78 is 3.87. The van der Waals surface area contributed by atoms with Crippen molar-refractivity contribution in [3.63, 3.8) is 0 Å². The highest BCUT2D eigenvalue weighted by Gasteiger charge is 2.21. The van der Waals surface area contributed by atoms with Gasteiger partial charge >= 0.3 is 0 Å². The van der Waals surface area contributed by atoms with Crippen LogP contribution in [0, 0.1) is 13.8 Å². The smallest absolute Gasteiger partial charge is 0.256 e. The fraction of sp³-hybridized carbons (Fsp3) is 0.389. The highest BCUT2D eigenvalue weighted by Crippen LogP contribution is 2.19. The zero-order valence-corrected chi connectivity index (χ0v) is 15.4. The van der Waals surface area contributed by atoms with Gasteiger partial charge in [0.1, 0.15) is 12.1 Å².